The lowest BCUT2D eigenvalue weighted by Gasteiger charge is -2.38. The third-order valence-corrected chi connectivity index (χ3v) is 5.84. The van der Waals surface area contributed by atoms with Gasteiger partial charge in [-0.25, -0.2) is 18.6 Å². The van der Waals surface area contributed by atoms with Gasteiger partial charge in [-0.05, 0) is 22.8 Å². The Morgan fingerprint density at radius 1 is 0.946 bits per heavy atom. The van der Waals surface area contributed by atoms with Gasteiger partial charge in [0.15, 0.2) is 6.61 Å². The van der Waals surface area contributed by atoms with E-state index in [0.717, 1.165) is 16.7 Å². The van der Waals surface area contributed by atoms with Crippen LogP contribution in [0.3, 0.4) is 0 Å². The van der Waals surface area contributed by atoms with E-state index in [4.69, 9.17) is 17.3 Å². The summed E-state index contributed by atoms with van der Waals surface area (Å²) in [5.41, 5.74) is 8.60. The maximum absolute atomic E-state index is 12.4. The van der Waals surface area contributed by atoms with Crippen LogP contribution in [0, 0.1) is 0 Å². The Balaban J connectivity index is 1.90. The molecule has 0 fully saturated rings. The van der Waals surface area contributed by atoms with Crippen LogP contribution in [0.15, 0.2) is 108 Å². The van der Waals surface area contributed by atoms with Gasteiger partial charge in [0.05, 0.1) is 11.3 Å². The summed E-state index contributed by atoms with van der Waals surface area (Å²) >= 11 is 6.27. The number of anilines is 1. The summed E-state index contributed by atoms with van der Waals surface area (Å²) in [6, 6.07) is 30.9. The predicted molar refractivity (Wildman–Crippen MR) is 140 cm³/mol. The number of carbonyl (C=O) groups excluding carboxylic acids is 1. The number of nitrogens with one attached hydrogen (secondary N) is 1. The number of aliphatic imine (C=N–C) groups is 1. The lowest BCUT2D eigenvalue weighted by molar-refractivity contribution is 0.0531. The number of benzene rings is 3. The van der Waals surface area contributed by atoms with Gasteiger partial charge in [-0.1, -0.05) is 103 Å². The summed E-state index contributed by atoms with van der Waals surface area (Å²) in [6.45, 7) is -1.08. The zero-order valence-electron chi connectivity index (χ0n) is 19.5. The number of rotatable bonds is 8. The number of amidine groups is 1. The van der Waals surface area contributed by atoms with Crippen LogP contribution in [0.4, 0.5) is 19.3 Å². The summed E-state index contributed by atoms with van der Waals surface area (Å²) in [4.78, 5) is 19.7. The molecule has 9 heteroatoms. The minimum absolute atomic E-state index is 0.169. The van der Waals surface area contributed by atoms with Crippen molar-refractivity contribution in [3.05, 3.63) is 131 Å². The van der Waals surface area contributed by atoms with Crippen molar-refractivity contribution in [1.29, 1.82) is 0 Å². The smallest absolute Gasteiger partial charge is 0.435 e. The van der Waals surface area contributed by atoms with Crippen molar-refractivity contribution in [3.63, 3.8) is 0 Å². The number of alkyl halides is 2. The van der Waals surface area contributed by atoms with Gasteiger partial charge in [-0.15, -0.1) is 0 Å². The number of amides is 1. The molecule has 0 aliphatic rings. The number of nitrogens with zero attached hydrogens (tertiary/aromatic N) is 2. The van der Waals surface area contributed by atoms with Crippen LogP contribution in [0.2, 0.25) is 5.15 Å². The second-order valence-electron chi connectivity index (χ2n) is 7.99. The lowest BCUT2D eigenvalue weighted by atomic mass is 9.76. The number of nitrogens with two attached hydrogens (primary N) is 1. The van der Waals surface area contributed by atoms with Gasteiger partial charge in [0.2, 0.25) is 0 Å². The summed E-state index contributed by atoms with van der Waals surface area (Å²) in [6.07, 6.45) is -2.70. The Kier molecular flexibility index (Phi) is 8.10. The summed E-state index contributed by atoms with van der Waals surface area (Å²) < 4.78 is 29.3. The largest absolute Gasteiger partial charge is 0.442 e. The zero-order chi connectivity index (χ0) is 26.3. The SMILES string of the molecule is NC(=NC(=O)OCC(F)F)c1cnc(Cl)cc1NC(c1ccccc1)(c1ccccc1)c1ccccc1. The highest BCUT2D eigenvalue weighted by Crippen LogP contribution is 2.41. The third-order valence-electron chi connectivity index (χ3n) is 5.63. The minimum Gasteiger partial charge on any atom is -0.442 e. The predicted octanol–water partition coefficient (Wildman–Crippen LogP) is 6.25. The highest BCUT2D eigenvalue weighted by molar-refractivity contribution is 6.29. The molecule has 0 unspecified atom stereocenters. The molecule has 0 radical (unpaired) electrons. The monoisotopic (exact) mass is 520 g/mol. The van der Waals surface area contributed by atoms with Crippen molar-refractivity contribution in [2.45, 2.75) is 12.0 Å². The number of carbonyl (C=O) groups is 1. The first-order valence-corrected chi connectivity index (χ1v) is 11.7. The second-order valence-corrected chi connectivity index (χ2v) is 8.38. The first-order valence-electron chi connectivity index (χ1n) is 11.3. The maximum Gasteiger partial charge on any atom is 0.435 e. The third kappa shape index (κ3) is 5.92. The Bertz CT molecular complexity index is 1270. The van der Waals surface area contributed by atoms with E-state index in [-0.39, 0.29) is 16.6 Å². The van der Waals surface area contributed by atoms with Crippen molar-refractivity contribution < 1.29 is 18.3 Å². The quantitative estimate of drug-likeness (QED) is 0.124. The van der Waals surface area contributed by atoms with Gasteiger partial charge in [-0.2, -0.15) is 4.99 Å². The number of aromatic nitrogens is 1. The van der Waals surface area contributed by atoms with E-state index in [1.807, 2.05) is 91.0 Å². The molecule has 1 aromatic heterocycles. The van der Waals surface area contributed by atoms with E-state index >= 15 is 0 Å². The molecule has 4 rings (SSSR count). The average Bonchev–Trinajstić information content (AvgIpc) is 2.92. The fourth-order valence-corrected chi connectivity index (χ4v) is 4.20. The first-order chi connectivity index (χ1) is 17.9. The molecule has 0 spiro atoms. The van der Waals surface area contributed by atoms with Crippen LogP contribution in [-0.4, -0.2) is 29.9 Å². The molecular formula is C28H23ClF2N4O2. The molecule has 0 atom stereocenters. The van der Waals surface area contributed by atoms with E-state index in [0.29, 0.717) is 5.69 Å². The number of hydrogen-bond donors (Lipinski definition) is 2. The van der Waals surface area contributed by atoms with Crippen LogP contribution >= 0.6 is 11.6 Å². The van der Waals surface area contributed by atoms with E-state index in [2.05, 4.69) is 20.0 Å². The number of ether oxygens (including phenoxy) is 1. The minimum atomic E-state index is -2.82. The molecule has 0 bridgehead atoms. The highest BCUT2D eigenvalue weighted by Gasteiger charge is 2.37. The standard InChI is InChI=1S/C28H23ClF2N4O2/c29-24-16-23(22(17-33-24)26(32)34-27(36)37-18-25(30)31)35-28(19-10-4-1-5-11-19,20-12-6-2-7-13-20)21-14-8-3-9-15-21/h1-17,25H,18H2,(H,33,35)(H2,32,34,36). The van der Waals surface area contributed by atoms with Crippen molar-refractivity contribution in [2.24, 2.45) is 10.7 Å². The van der Waals surface area contributed by atoms with Crippen molar-refractivity contribution >= 4 is 29.2 Å². The molecule has 3 N–H and O–H groups in total. The Morgan fingerprint density at radius 2 is 1.43 bits per heavy atom. The fourth-order valence-electron chi connectivity index (χ4n) is 4.05. The second kappa shape index (κ2) is 11.6. The number of pyridine rings is 1. The van der Waals surface area contributed by atoms with E-state index in [9.17, 15) is 13.6 Å². The van der Waals surface area contributed by atoms with Crippen LogP contribution < -0.4 is 11.1 Å². The summed E-state index contributed by atoms with van der Waals surface area (Å²) in [7, 11) is 0. The zero-order valence-corrected chi connectivity index (χ0v) is 20.3. The maximum atomic E-state index is 12.4. The molecule has 188 valence electrons. The molecule has 0 saturated carbocycles. The summed E-state index contributed by atoms with van der Waals surface area (Å²) in [5, 5.41) is 3.77. The molecule has 0 aliphatic carbocycles. The molecular weight excluding hydrogens is 498 g/mol. The molecule has 37 heavy (non-hydrogen) atoms. The molecule has 0 aliphatic heterocycles. The molecule has 1 heterocycles. The Morgan fingerprint density at radius 3 is 1.89 bits per heavy atom. The van der Waals surface area contributed by atoms with E-state index in [1.165, 1.54) is 6.20 Å². The molecule has 1 amide bonds. The Hall–Kier alpha value is -4.30. The van der Waals surface area contributed by atoms with Crippen LogP contribution in [-0.2, 0) is 10.3 Å². The molecule has 4 aromatic rings. The first kappa shape index (κ1) is 25.8. The van der Waals surface area contributed by atoms with E-state index < -0.39 is 24.7 Å². The number of hydrogen-bond acceptors (Lipinski definition) is 4. The van der Waals surface area contributed by atoms with E-state index in [1.54, 1.807) is 6.07 Å². The van der Waals surface area contributed by atoms with Gasteiger partial charge < -0.3 is 15.8 Å². The number of halogens is 3. The topological polar surface area (TPSA) is 89.6 Å². The van der Waals surface area contributed by atoms with Crippen LogP contribution in [0.1, 0.15) is 22.3 Å². The fraction of sp³-hybridized carbons (Fsp3) is 0.107. The van der Waals surface area contributed by atoms with Crippen LogP contribution in [0.25, 0.3) is 0 Å². The van der Waals surface area contributed by atoms with Gasteiger partial charge >= 0.3 is 6.09 Å². The van der Waals surface area contributed by atoms with Crippen molar-refractivity contribution in [3.8, 4) is 0 Å². The normalized spacial score (nSPS) is 11.8. The molecule has 3 aromatic carbocycles. The highest BCUT2D eigenvalue weighted by atomic mass is 35.5. The summed E-state index contributed by atoms with van der Waals surface area (Å²) in [5.74, 6) is -0.269. The van der Waals surface area contributed by atoms with Gasteiger partial charge in [0, 0.05) is 6.20 Å². The van der Waals surface area contributed by atoms with Crippen molar-refractivity contribution in [1.82, 2.24) is 4.98 Å². The van der Waals surface area contributed by atoms with Gasteiger partial charge in [0.1, 0.15) is 16.5 Å². The van der Waals surface area contributed by atoms with Crippen LogP contribution in [0.5, 0.6) is 0 Å². The molecule has 6 nitrogen and oxygen atoms in total. The average molecular weight is 521 g/mol. The van der Waals surface area contributed by atoms with Crippen molar-refractivity contribution in [2.75, 3.05) is 11.9 Å². The lowest BCUT2D eigenvalue weighted by Crippen LogP contribution is -2.39. The Labute approximate surface area is 217 Å². The molecule has 0 saturated heterocycles. The van der Waals surface area contributed by atoms with Gasteiger partial charge in [0.25, 0.3) is 6.43 Å². The van der Waals surface area contributed by atoms with Gasteiger partial charge in [-0.3, -0.25) is 0 Å².